The second kappa shape index (κ2) is 12.5. The number of amides is 1. The molecule has 0 aliphatic carbocycles. The van der Waals surface area contributed by atoms with Crippen molar-refractivity contribution in [2.75, 3.05) is 17.5 Å². The average molecular weight is 681 g/mol. The van der Waals surface area contributed by atoms with Gasteiger partial charge in [-0.05, 0) is 48.4 Å². The zero-order valence-electron chi connectivity index (χ0n) is 26.1. The summed E-state index contributed by atoms with van der Waals surface area (Å²) in [6, 6.07) is 27.4. The highest BCUT2D eigenvalue weighted by atomic mass is 32.2. The van der Waals surface area contributed by atoms with Crippen LogP contribution in [0.4, 0.5) is 5.69 Å². The number of hydrogen-bond acceptors (Lipinski definition) is 9. The van der Waals surface area contributed by atoms with Gasteiger partial charge in [0, 0.05) is 30.3 Å². The van der Waals surface area contributed by atoms with Crippen LogP contribution in [0, 0.1) is 0 Å². The monoisotopic (exact) mass is 680 g/mol. The fourth-order valence-corrected chi connectivity index (χ4v) is 7.30. The zero-order chi connectivity index (χ0) is 34.3. The number of para-hydroxylation sites is 2. The maximum atomic E-state index is 14.9. The van der Waals surface area contributed by atoms with Gasteiger partial charge in [0.05, 0.1) is 33.3 Å². The standard InChI is InChI=1S/C36H29N3O9S/c1-37-28-8-4-2-6-26(28)35(27-7-3-5-9-29(27)37)36(43)39(24-13-16-30-31(22-24)47-21-20-46-30)49(44,45)25-14-10-23(11-15-25)12-19-34(42)48-38-32(40)17-18-33(38)41/h2-11,13-18,22,43H,12,19-21H2,1H3/p+1. The van der Waals surface area contributed by atoms with Crippen molar-refractivity contribution in [3.05, 3.63) is 114 Å². The van der Waals surface area contributed by atoms with E-state index in [-0.39, 0.29) is 35.6 Å². The van der Waals surface area contributed by atoms with E-state index >= 15 is 0 Å². The summed E-state index contributed by atoms with van der Waals surface area (Å²) in [5, 5.41) is 20.6. The van der Waals surface area contributed by atoms with Crippen molar-refractivity contribution in [3.63, 3.8) is 0 Å². The van der Waals surface area contributed by atoms with Gasteiger partial charge in [-0.3, -0.25) is 4.79 Å². The molecule has 1 amide bonds. The van der Waals surface area contributed by atoms with Crippen molar-refractivity contribution < 1.29 is 47.1 Å². The van der Waals surface area contributed by atoms with Crippen molar-refractivity contribution in [1.29, 1.82) is 0 Å². The molecule has 0 bridgehead atoms. The molecular weight excluding hydrogens is 650 g/mol. The third-order valence-electron chi connectivity index (χ3n) is 8.30. The van der Waals surface area contributed by atoms with E-state index in [1.807, 2.05) is 35.9 Å². The van der Waals surface area contributed by atoms with Crippen LogP contribution in [-0.2, 0) is 28.3 Å². The largest absolute Gasteiger partial charge is 0.492 e. The van der Waals surface area contributed by atoms with E-state index in [1.165, 1.54) is 36.4 Å². The Bertz CT molecular complexity index is 2290. The van der Waals surface area contributed by atoms with E-state index in [4.69, 9.17) is 14.3 Å². The Balaban J connectivity index is 1.27. The summed E-state index contributed by atoms with van der Waals surface area (Å²) in [6.07, 6.45) is 0.0440. The number of anilines is 1. The molecule has 3 heterocycles. The number of aromatic hydroxyl groups is 2. The Hall–Kier alpha value is -6.08. The number of pyridine rings is 1. The number of sulfonamides is 1. The van der Waals surface area contributed by atoms with E-state index in [2.05, 4.69) is 0 Å². The van der Waals surface area contributed by atoms with Gasteiger partial charge >= 0.3 is 5.97 Å². The summed E-state index contributed by atoms with van der Waals surface area (Å²) in [7, 11) is -2.64. The van der Waals surface area contributed by atoms with Crippen molar-refractivity contribution in [2.24, 2.45) is 7.05 Å². The van der Waals surface area contributed by atoms with Gasteiger partial charge < -0.3 is 24.5 Å². The summed E-state index contributed by atoms with van der Waals surface area (Å²) >= 11 is 0. The van der Waals surface area contributed by atoms with Gasteiger partial charge in [0.15, 0.2) is 11.5 Å². The Morgan fingerprint density at radius 1 is 0.816 bits per heavy atom. The van der Waals surface area contributed by atoms with Crippen LogP contribution < -0.4 is 23.2 Å². The van der Waals surface area contributed by atoms with Gasteiger partial charge in [-0.2, -0.15) is 8.87 Å². The summed E-state index contributed by atoms with van der Waals surface area (Å²) in [5.74, 6) is -1.62. The Kier molecular flexibility index (Phi) is 8.04. The molecule has 13 heteroatoms. The lowest BCUT2D eigenvalue weighted by atomic mass is 10.0. The first-order valence-corrected chi connectivity index (χ1v) is 16.8. The molecule has 1 aliphatic rings. The number of fused-ring (bicyclic) bond motifs is 3. The van der Waals surface area contributed by atoms with Crippen molar-refractivity contribution in [3.8, 4) is 23.3 Å². The van der Waals surface area contributed by atoms with Gasteiger partial charge in [-0.1, -0.05) is 36.4 Å². The number of hydrogen-bond donors (Lipinski definition) is 2. The fourth-order valence-electron chi connectivity index (χ4n) is 5.91. The predicted octanol–water partition coefficient (Wildman–Crippen LogP) is 4.43. The maximum Gasteiger partial charge on any atom is 0.333 e. The molecule has 0 saturated carbocycles. The number of aryl methyl sites for hydroxylation is 2. The SMILES string of the molecule is C[n+]1c2ccccc2c(C(=O)N(c2ccc3c(c2)OCCO3)S(=O)(=O)c2ccc(CCC(=O)On3c(O)ccc3O)cc2)c2ccccc21. The lowest BCUT2D eigenvalue weighted by Crippen LogP contribution is -2.39. The summed E-state index contributed by atoms with van der Waals surface area (Å²) in [5.41, 5.74) is 2.39. The van der Waals surface area contributed by atoms with Gasteiger partial charge in [-0.15, -0.1) is 4.73 Å². The number of carbonyl (C=O) groups is 2. The van der Waals surface area contributed by atoms with E-state index in [0.717, 1.165) is 15.3 Å². The highest BCUT2D eigenvalue weighted by Crippen LogP contribution is 2.38. The molecule has 2 N–H and O–H groups in total. The Morgan fingerprint density at radius 2 is 1.41 bits per heavy atom. The molecule has 0 spiro atoms. The molecule has 0 saturated heterocycles. The highest BCUT2D eigenvalue weighted by Gasteiger charge is 2.36. The zero-order valence-corrected chi connectivity index (χ0v) is 27.0. The van der Waals surface area contributed by atoms with E-state index in [1.54, 1.807) is 42.5 Å². The molecule has 0 atom stereocenters. The molecule has 0 radical (unpaired) electrons. The van der Waals surface area contributed by atoms with Crippen molar-refractivity contribution in [1.82, 2.24) is 4.73 Å². The van der Waals surface area contributed by atoms with Crippen molar-refractivity contribution >= 4 is 49.4 Å². The minimum atomic E-state index is -4.54. The summed E-state index contributed by atoms with van der Waals surface area (Å²) < 4.78 is 43.9. The molecular formula is C36H30N3O9S+. The van der Waals surface area contributed by atoms with Gasteiger partial charge in [-0.25, -0.2) is 13.2 Å². The van der Waals surface area contributed by atoms with Crippen molar-refractivity contribution in [2.45, 2.75) is 17.7 Å². The molecule has 6 aromatic rings. The number of nitrogens with zero attached hydrogens (tertiary/aromatic N) is 3. The molecule has 7 rings (SSSR count). The minimum Gasteiger partial charge on any atom is -0.492 e. The van der Waals surface area contributed by atoms with Crippen LogP contribution in [0.1, 0.15) is 22.3 Å². The molecule has 49 heavy (non-hydrogen) atoms. The van der Waals surface area contributed by atoms with E-state index in [9.17, 15) is 28.2 Å². The van der Waals surface area contributed by atoms with Crippen LogP contribution in [0.25, 0.3) is 21.8 Å². The summed E-state index contributed by atoms with van der Waals surface area (Å²) in [4.78, 5) is 32.1. The lowest BCUT2D eigenvalue weighted by Gasteiger charge is -2.26. The average Bonchev–Trinajstić information content (AvgIpc) is 3.43. The first-order chi connectivity index (χ1) is 23.6. The third kappa shape index (κ3) is 5.74. The van der Waals surface area contributed by atoms with Crippen LogP contribution in [0.5, 0.6) is 23.3 Å². The molecule has 0 fully saturated rings. The first kappa shape index (κ1) is 31.5. The molecule has 248 valence electrons. The highest BCUT2D eigenvalue weighted by molar-refractivity contribution is 7.93. The number of aromatic nitrogens is 2. The van der Waals surface area contributed by atoms with Gasteiger partial charge in [0.25, 0.3) is 15.9 Å². The number of rotatable bonds is 8. The molecule has 2 aromatic heterocycles. The smallest absolute Gasteiger partial charge is 0.333 e. The second-order valence-corrected chi connectivity index (χ2v) is 13.1. The van der Waals surface area contributed by atoms with Crippen LogP contribution in [0.2, 0.25) is 0 Å². The van der Waals surface area contributed by atoms with E-state index in [0.29, 0.717) is 39.2 Å². The number of benzene rings is 4. The Labute approximate surface area is 280 Å². The van der Waals surface area contributed by atoms with Crippen LogP contribution in [0.3, 0.4) is 0 Å². The molecule has 1 aliphatic heterocycles. The molecule has 12 nitrogen and oxygen atoms in total. The van der Waals surface area contributed by atoms with Crippen LogP contribution in [0.15, 0.2) is 108 Å². The summed E-state index contributed by atoms with van der Waals surface area (Å²) in [6.45, 7) is 0.609. The quantitative estimate of drug-likeness (QED) is 0.176. The Morgan fingerprint density at radius 3 is 2.04 bits per heavy atom. The number of ether oxygens (including phenoxy) is 2. The first-order valence-electron chi connectivity index (χ1n) is 15.3. The number of carbonyl (C=O) groups excluding carboxylic acids is 2. The molecule has 4 aromatic carbocycles. The van der Waals surface area contributed by atoms with E-state index < -0.39 is 33.7 Å². The molecule has 0 unspecified atom stereocenters. The topological polar surface area (TPSA) is 148 Å². The maximum absolute atomic E-state index is 14.9. The second-order valence-electron chi connectivity index (χ2n) is 11.3. The van der Waals surface area contributed by atoms with Gasteiger partial charge in [0.1, 0.15) is 20.3 Å². The van der Waals surface area contributed by atoms with Crippen LogP contribution in [-0.4, -0.2) is 48.5 Å². The fraction of sp³-hybridized carbons (Fsp3) is 0.139. The third-order valence-corrected chi connectivity index (χ3v) is 10.0. The normalized spacial score (nSPS) is 12.6. The predicted molar refractivity (Wildman–Crippen MR) is 178 cm³/mol. The van der Waals surface area contributed by atoms with Gasteiger partial charge in [0.2, 0.25) is 22.8 Å². The lowest BCUT2D eigenvalue weighted by molar-refractivity contribution is -0.617. The van der Waals surface area contributed by atoms with Crippen LogP contribution >= 0.6 is 0 Å². The minimum absolute atomic E-state index is 0.0685.